The van der Waals surface area contributed by atoms with Crippen molar-refractivity contribution in [3.05, 3.63) is 64.2 Å². The lowest BCUT2D eigenvalue weighted by Gasteiger charge is -2.13. The molecule has 1 heterocycles. The number of nitrogens with one attached hydrogen (secondary N) is 2. The molecule has 0 bridgehead atoms. The normalized spacial score (nSPS) is 12.3. The first-order valence-corrected chi connectivity index (χ1v) is 8.03. The molecule has 1 aromatic carbocycles. The zero-order valence-corrected chi connectivity index (χ0v) is 14.7. The summed E-state index contributed by atoms with van der Waals surface area (Å²) in [7, 11) is 0. The van der Waals surface area contributed by atoms with Crippen LogP contribution in [0.1, 0.15) is 23.0 Å². The summed E-state index contributed by atoms with van der Waals surface area (Å²) in [4.78, 5) is 35.5. The number of carboxylic acid groups (broad SMARTS) is 1. The molecule has 8 heteroatoms. The van der Waals surface area contributed by atoms with Crippen LogP contribution in [0.2, 0.25) is 0 Å². The number of aliphatic carboxylic acids is 1. The van der Waals surface area contributed by atoms with Crippen molar-refractivity contribution < 1.29 is 23.9 Å². The van der Waals surface area contributed by atoms with E-state index < -0.39 is 23.8 Å². The van der Waals surface area contributed by atoms with Crippen LogP contribution in [0.5, 0.6) is 0 Å². The molecule has 0 saturated carbocycles. The Morgan fingerprint density at radius 1 is 1.16 bits per heavy atom. The third-order valence-electron chi connectivity index (χ3n) is 3.12. The van der Waals surface area contributed by atoms with E-state index in [2.05, 4.69) is 26.6 Å². The summed E-state index contributed by atoms with van der Waals surface area (Å²) < 4.78 is 5.52. The summed E-state index contributed by atoms with van der Waals surface area (Å²) >= 11 is 3.09. The monoisotopic (exact) mass is 406 g/mol. The highest BCUT2D eigenvalue weighted by Crippen LogP contribution is 2.14. The molecule has 2 aromatic rings. The van der Waals surface area contributed by atoms with Gasteiger partial charge >= 0.3 is 5.97 Å². The highest BCUT2D eigenvalue weighted by atomic mass is 79.9. The average Bonchev–Trinajstić information content (AvgIpc) is 3.01. The van der Waals surface area contributed by atoms with Gasteiger partial charge in [0.2, 0.25) is 0 Å². The number of carbonyl (C=O) groups is 3. The van der Waals surface area contributed by atoms with Crippen molar-refractivity contribution in [1.29, 1.82) is 0 Å². The Bertz CT molecular complexity index is 813. The summed E-state index contributed by atoms with van der Waals surface area (Å²) in [5, 5.41) is 13.7. The van der Waals surface area contributed by atoms with Crippen LogP contribution < -0.4 is 10.6 Å². The fourth-order valence-corrected chi connectivity index (χ4v) is 2.14. The van der Waals surface area contributed by atoms with Crippen molar-refractivity contribution in [2.24, 2.45) is 0 Å². The molecule has 2 amide bonds. The van der Waals surface area contributed by atoms with Crippen LogP contribution in [-0.2, 0) is 9.59 Å². The Hall–Kier alpha value is -2.87. The van der Waals surface area contributed by atoms with Crippen LogP contribution in [0, 0.1) is 0 Å². The number of carboxylic acids is 1. The van der Waals surface area contributed by atoms with Gasteiger partial charge in [-0.1, -0.05) is 30.3 Å². The lowest BCUT2D eigenvalue weighted by molar-refractivity contribution is -0.140. The Morgan fingerprint density at radius 3 is 2.40 bits per heavy atom. The van der Waals surface area contributed by atoms with E-state index in [4.69, 9.17) is 9.52 Å². The maximum Gasteiger partial charge on any atom is 0.325 e. The second-order valence-electron chi connectivity index (χ2n) is 5.06. The molecule has 1 atom stereocenters. The van der Waals surface area contributed by atoms with Gasteiger partial charge in [-0.25, -0.2) is 0 Å². The van der Waals surface area contributed by atoms with Crippen molar-refractivity contribution in [1.82, 2.24) is 10.6 Å². The molecule has 1 aromatic heterocycles. The van der Waals surface area contributed by atoms with E-state index in [0.29, 0.717) is 10.2 Å². The number of hydrogen-bond acceptors (Lipinski definition) is 4. The molecule has 2 rings (SSSR count). The topological polar surface area (TPSA) is 109 Å². The summed E-state index contributed by atoms with van der Waals surface area (Å²) in [5.41, 5.74) is 0.563. The predicted molar refractivity (Wildman–Crippen MR) is 93.5 cm³/mol. The van der Waals surface area contributed by atoms with Gasteiger partial charge in [0.1, 0.15) is 11.7 Å². The third kappa shape index (κ3) is 5.32. The van der Waals surface area contributed by atoms with Crippen molar-refractivity contribution in [2.45, 2.75) is 13.0 Å². The quantitative estimate of drug-likeness (QED) is 0.638. The fourth-order valence-electron chi connectivity index (χ4n) is 1.83. The maximum absolute atomic E-state index is 12.3. The highest BCUT2D eigenvalue weighted by molar-refractivity contribution is 9.10. The van der Waals surface area contributed by atoms with Crippen LogP contribution in [0.4, 0.5) is 0 Å². The number of furan rings is 1. The van der Waals surface area contributed by atoms with E-state index in [0.717, 1.165) is 0 Å². The molecule has 130 valence electrons. The van der Waals surface area contributed by atoms with Gasteiger partial charge in [-0.2, -0.15) is 0 Å². The minimum absolute atomic E-state index is 0.00456. The molecule has 25 heavy (non-hydrogen) atoms. The van der Waals surface area contributed by atoms with Crippen molar-refractivity contribution in [3.8, 4) is 0 Å². The van der Waals surface area contributed by atoms with Crippen LogP contribution in [0.3, 0.4) is 0 Å². The van der Waals surface area contributed by atoms with Crippen LogP contribution in [-0.4, -0.2) is 28.9 Å². The first kappa shape index (κ1) is 18.5. The molecule has 0 aliphatic rings. The first-order valence-electron chi connectivity index (χ1n) is 7.24. The fraction of sp³-hybridized carbons (Fsp3) is 0.118. The van der Waals surface area contributed by atoms with Crippen LogP contribution >= 0.6 is 15.9 Å². The van der Waals surface area contributed by atoms with Gasteiger partial charge in [0.25, 0.3) is 11.8 Å². The smallest absolute Gasteiger partial charge is 0.325 e. The molecular weight excluding hydrogens is 392 g/mol. The second-order valence-corrected chi connectivity index (χ2v) is 5.84. The number of carbonyl (C=O) groups excluding carboxylic acids is 2. The second kappa shape index (κ2) is 8.29. The van der Waals surface area contributed by atoms with E-state index in [1.54, 1.807) is 30.3 Å². The summed E-state index contributed by atoms with van der Waals surface area (Å²) in [6.45, 7) is 1.33. The van der Waals surface area contributed by atoms with E-state index in [9.17, 15) is 14.4 Å². The SMILES string of the molecule is C[C@H](NC(=O)/C(=C\c1ccccc1)NC(=O)c1ccc(Br)o1)C(=O)O. The molecule has 0 radical (unpaired) electrons. The number of benzene rings is 1. The van der Waals surface area contributed by atoms with Crippen LogP contribution in [0.25, 0.3) is 6.08 Å². The highest BCUT2D eigenvalue weighted by Gasteiger charge is 2.20. The lowest BCUT2D eigenvalue weighted by atomic mass is 10.2. The van der Waals surface area contributed by atoms with Gasteiger partial charge in [-0.3, -0.25) is 14.4 Å². The third-order valence-corrected chi connectivity index (χ3v) is 3.54. The van der Waals surface area contributed by atoms with E-state index >= 15 is 0 Å². The van der Waals surface area contributed by atoms with Crippen LogP contribution in [0.15, 0.2) is 57.2 Å². The van der Waals surface area contributed by atoms with E-state index in [-0.39, 0.29) is 11.5 Å². The minimum atomic E-state index is -1.19. The number of rotatable bonds is 6. The zero-order valence-electron chi connectivity index (χ0n) is 13.2. The Morgan fingerprint density at radius 2 is 1.84 bits per heavy atom. The largest absolute Gasteiger partial charge is 0.480 e. The number of halogens is 1. The summed E-state index contributed by atoms with van der Waals surface area (Å²) in [6.07, 6.45) is 1.44. The molecule has 0 fully saturated rings. The Kier molecular flexibility index (Phi) is 6.13. The van der Waals surface area contributed by atoms with Gasteiger partial charge in [0.15, 0.2) is 10.4 Å². The number of amides is 2. The van der Waals surface area contributed by atoms with Gasteiger partial charge in [-0.05, 0) is 46.6 Å². The molecule has 0 aliphatic carbocycles. The van der Waals surface area contributed by atoms with Gasteiger partial charge in [0, 0.05) is 0 Å². The molecule has 0 unspecified atom stereocenters. The molecule has 0 spiro atoms. The predicted octanol–water partition coefficient (Wildman–Crippen LogP) is 2.40. The molecule has 3 N–H and O–H groups in total. The average molecular weight is 407 g/mol. The van der Waals surface area contributed by atoms with Gasteiger partial charge in [-0.15, -0.1) is 0 Å². The number of hydrogen-bond donors (Lipinski definition) is 3. The van der Waals surface area contributed by atoms with E-state index in [1.165, 1.54) is 19.1 Å². The standard InChI is InChI=1S/C17H15BrN2O5/c1-10(17(23)24)19-15(21)12(9-11-5-3-2-4-6-11)20-16(22)13-7-8-14(18)25-13/h2-10H,1H3,(H,19,21)(H,20,22)(H,23,24)/b12-9+/t10-/m0/s1. The van der Waals surface area contributed by atoms with Crippen molar-refractivity contribution in [2.75, 3.05) is 0 Å². The minimum Gasteiger partial charge on any atom is -0.480 e. The van der Waals surface area contributed by atoms with Gasteiger partial charge in [0.05, 0.1) is 0 Å². The molecule has 0 aliphatic heterocycles. The zero-order chi connectivity index (χ0) is 18.4. The Labute approximate surface area is 151 Å². The molecular formula is C17H15BrN2O5. The van der Waals surface area contributed by atoms with E-state index in [1.807, 2.05) is 6.07 Å². The van der Waals surface area contributed by atoms with Gasteiger partial charge < -0.3 is 20.2 Å². The lowest BCUT2D eigenvalue weighted by Crippen LogP contribution is -2.42. The summed E-state index contributed by atoms with van der Waals surface area (Å²) in [5.74, 6) is -2.54. The maximum atomic E-state index is 12.3. The summed E-state index contributed by atoms with van der Waals surface area (Å²) in [6, 6.07) is 10.7. The van der Waals surface area contributed by atoms with Crippen molar-refractivity contribution in [3.63, 3.8) is 0 Å². The molecule has 0 saturated heterocycles. The van der Waals surface area contributed by atoms with Crippen molar-refractivity contribution >= 4 is 39.8 Å². The first-order chi connectivity index (χ1) is 11.9. The molecule has 7 nitrogen and oxygen atoms in total. The Balaban J connectivity index is 2.25.